The third-order valence-corrected chi connectivity index (χ3v) is 5.70. The molecule has 0 saturated heterocycles. The molecule has 1 aromatic carbocycles. The highest BCUT2D eigenvalue weighted by Crippen LogP contribution is 2.39. The van der Waals surface area contributed by atoms with Gasteiger partial charge in [0.1, 0.15) is 17.3 Å². The Kier molecular flexibility index (Phi) is 5.29. The molecule has 10 heteroatoms. The molecule has 1 aliphatic carbocycles. The Labute approximate surface area is 190 Å². The predicted molar refractivity (Wildman–Crippen MR) is 122 cm³/mol. The van der Waals surface area contributed by atoms with E-state index >= 15 is 0 Å². The number of benzene rings is 1. The van der Waals surface area contributed by atoms with Crippen molar-refractivity contribution in [2.75, 3.05) is 5.32 Å². The molecule has 0 radical (unpaired) electrons. The highest BCUT2D eigenvalue weighted by atomic mass is 19.1. The summed E-state index contributed by atoms with van der Waals surface area (Å²) in [6, 6.07) is 8.26. The van der Waals surface area contributed by atoms with E-state index in [2.05, 4.69) is 31.5 Å². The molecule has 3 N–H and O–H groups in total. The third kappa shape index (κ3) is 4.17. The van der Waals surface area contributed by atoms with Gasteiger partial charge in [0.05, 0.1) is 23.3 Å². The first-order valence-electron chi connectivity index (χ1n) is 10.9. The van der Waals surface area contributed by atoms with Crippen molar-refractivity contribution in [2.45, 2.75) is 45.6 Å². The number of rotatable bonds is 6. The quantitative estimate of drug-likeness (QED) is 0.536. The number of anilines is 1. The number of amides is 1. The first kappa shape index (κ1) is 21.1. The van der Waals surface area contributed by atoms with Crippen molar-refractivity contribution in [3.05, 3.63) is 71.2 Å². The molecular weight excluding hydrogens is 423 g/mol. The van der Waals surface area contributed by atoms with E-state index in [0.29, 0.717) is 29.0 Å². The standard InChI is InChI=1S/C23H25FN8O/c1-13(2)32-22(28-29-30-32)18-5-4-6-21(26-18)27-23(33)16-10-20(14(3)9-17(16)24)31-11-19(25-12-31)15-7-8-15/h4-6,9-13,15,29-30H,7-8H2,1-3H3,(H,26,27,33). The van der Waals surface area contributed by atoms with Crippen LogP contribution in [0, 0.1) is 12.7 Å². The lowest BCUT2D eigenvalue weighted by atomic mass is 10.1. The molecule has 2 aromatic heterocycles. The zero-order valence-corrected chi connectivity index (χ0v) is 18.6. The number of pyridine rings is 1. The molecule has 5 rings (SSSR count). The van der Waals surface area contributed by atoms with Crippen molar-refractivity contribution in [1.82, 2.24) is 30.6 Å². The number of nitrogens with one attached hydrogen (secondary N) is 3. The van der Waals surface area contributed by atoms with Crippen LogP contribution in [-0.4, -0.2) is 37.3 Å². The summed E-state index contributed by atoms with van der Waals surface area (Å²) in [6.07, 6.45) is 5.96. The smallest absolute Gasteiger partial charge is 0.259 e. The van der Waals surface area contributed by atoms with Gasteiger partial charge in [-0.2, -0.15) is 0 Å². The van der Waals surface area contributed by atoms with Crippen LogP contribution < -0.4 is 16.4 Å². The first-order chi connectivity index (χ1) is 15.9. The number of amidine groups is 1. The van der Waals surface area contributed by atoms with Gasteiger partial charge in [0.25, 0.3) is 5.91 Å². The van der Waals surface area contributed by atoms with Gasteiger partial charge in [-0.25, -0.2) is 19.9 Å². The summed E-state index contributed by atoms with van der Waals surface area (Å²) in [5, 5.41) is 8.74. The fourth-order valence-corrected chi connectivity index (χ4v) is 3.78. The number of nitrogens with zero attached hydrogens (tertiary/aromatic N) is 5. The summed E-state index contributed by atoms with van der Waals surface area (Å²) in [4.78, 5) is 21.9. The summed E-state index contributed by atoms with van der Waals surface area (Å²) < 4.78 is 16.6. The second-order valence-electron chi connectivity index (χ2n) is 8.58. The van der Waals surface area contributed by atoms with Gasteiger partial charge in [-0.3, -0.25) is 9.80 Å². The number of carbonyl (C=O) groups excluding carboxylic acids is 1. The van der Waals surface area contributed by atoms with Gasteiger partial charge in [-0.1, -0.05) is 6.07 Å². The highest BCUT2D eigenvalue weighted by molar-refractivity contribution is 6.05. The average Bonchev–Trinajstić information content (AvgIpc) is 3.31. The molecule has 9 nitrogen and oxygen atoms in total. The lowest BCUT2D eigenvalue weighted by Gasteiger charge is -2.22. The van der Waals surface area contributed by atoms with E-state index in [9.17, 15) is 9.18 Å². The molecule has 0 unspecified atom stereocenters. The van der Waals surface area contributed by atoms with Gasteiger partial charge < -0.3 is 9.88 Å². The average molecular weight is 449 g/mol. The number of hydrazine groups is 2. The maximum Gasteiger partial charge on any atom is 0.259 e. The molecule has 1 amide bonds. The number of imidazole rings is 1. The number of hydrogen-bond acceptors (Lipinski definition) is 7. The lowest BCUT2D eigenvalue weighted by molar-refractivity contribution is 0.102. The van der Waals surface area contributed by atoms with Crippen LogP contribution in [0.2, 0.25) is 0 Å². The first-order valence-corrected chi connectivity index (χ1v) is 10.9. The Balaban J connectivity index is 1.40. The number of hydrazone groups is 1. The van der Waals surface area contributed by atoms with Crippen LogP contribution in [0.25, 0.3) is 5.69 Å². The van der Waals surface area contributed by atoms with Crippen LogP contribution in [0.5, 0.6) is 0 Å². The summed E-state index contributed by atoms with van der Waals surface area (Å²) >= 11 is 0. The summed E-state index contributed by atoms with van der Waals surface area (Å²) in [7, 11) is 0. The second kappa shape index (κ2) is 8.28. The maximum absolute atomic E-state index is 14.8. The largest absolute Gasteiger partial charge is 0.306 e. The number of carbonyl (C=O) groups is 1. The SMILES string of the molecule is Cc1cc(F)c(C(=O)Nc2cccc(C3=NNNN3C(C)C)n2)cc1-n1cnc(C2CC2)c1. The van der Waals surface area contributed by atoms with E-state index in [0.717, 1.165) is 24.1 Å². The van der Waals surface area contributed by atoms with Crippen molar-refractivity contribution in [1.29, 1.82) is 0 Å². The van der Waals surface area contributed by atoms with Gasteiger partial charge >= 0.3 is 0 Å². The molecule has 2 aliphatic rings. The summed E-state index contributed by atoms with van der Waals surface area (Å²) in [5.74, 6) is 0.236. The monoisotopic (exact) mass is 448 g/mol. The van der Waals surface area contributed by atoms with Crippen LogP contribution in [0.4, 0.5) is 10.2 Å². The Hall–Kier alpha value is -3.79. The minimum atomic E-state index is -0.591. The van der Waals surface area contributed by atoms with Crippen molar-refractivity contribution in [3.8, 4) is 5.69 Å². The van der Waals surface area contributed by atoms with Gasteiger partial charge in [0.15, 0.2) is 5.84 Å². The van der Waals surface area contributed by atoms with Crippen LogP contribution in [0.1, 0.15) is 59.9 Å². The van der Waals surface area contributed by atoms with Gasteiger partial charge in [-0.15, -0.1) is 10.6 Å². The predicted octanol–water partition coefficient (Wildman–Crippen LogP) is 3.24. The number of aromatic nitrogens is 3. The van der Waals surface area contributed by atoms with Gasteiger partial charge in [0, 0.05) is 18.2 Å². The van der Waals surface area contributed by atoms with Crippen LogP contribution in [0.3, 0.4) is 0 Å². The molecule has 0 atom stereocenters. The lowest BCUT2D eigenvalue weighted by Crippen LogP contribution is -2.45. The van der Waals surface area contributed by atoms with Crippen LogP contribution in [-0.2, 0) is 0 Å². The second-order valence-corrected chi connectivity index (χ2v) is 8.58. The number of hydrogen-bond donors (Lipinski definition) is 3. The molecule has 170 valence electrons. The van der Waals surface area contributed by atoms with E-state index in [-0.39, 0.29) is 11.6 Å². The zero-order valence-electron chi connectivity index (χ0n) is 18.6. The molecule has 1 saturated carbocycles. The summed E-state index contributed by atoms with van der Waals surface area (Å²) in [6.45, 7) is 5.83. The Bertz CT molecular complexity index is 1250. The Morgan fingerprint density at radius 2 is 2.09 bits per heavy atom. The Morgan fingerprint density at radius 3 is 2.85 bits per heavy atom. The van der Waals surface area contributed by atoms with Gasteiger partial charge in [-0.05, 0) is 63.4 Å². The summed E-state index contributed by atoms with van der Waals surface area (Å²) in [5.41, 5.74) is 8.62. The van der Waals surface area contributed by atoms with E-state index in [1.807, 2.05) is 36.5 Å². The van der Waals surface area contributed by atoms with Crippen LogP contribution >= 0.6 is 0 Å². The molecule has 3 aromatic rings. The molecular formula is C23H25FN8O. The fraction of sp³-hybridized carbons (Fsp3) is 0.304. The van der Waals surface area contributed by atoms with Crippen molar-refractivity contribution in [2.24, 2.45) is 5.10 Å². The normalized spacial score (nSPS) is 15.5. The molecule has 0 bridgehead atoms. The van der Waals surface area contributed by atoms with E-state index < -0.39 is 11.7 Å². The maximum atomic E-state index is 14.8. The molecule has 0 spiro atoms. The minimum absolute atomic E-state index is 0.0603. The Morgan fingerprint density at radius 1 is 1.27 bits per heavy atom. The topological polar surface area (TPSA) is 99.5 Å². The zero-order chi connectivity index (χ0) is 23.1. The molecule has 3 heterocycles. The molecule has 1 fully saturated rings. The highest BCUT2D eigenvalue weighted by Gasteiger charge is 2.26. The van der Waals surface area contributed by atoms with Gasteiger partial charge in [0.2, 0.25) is 0 Å². The van der Waals surface area contributed by atoms with Crippen LogP contribution in [0.15, 0.2) is 48.0 Å². The molecule has 1 aliphatic heterocycles. The van der Waals surface area contributed by atoms with Crippen molar-refractivity contribution in [3.63, 3.8) is 0 Å². The fourth-order valence-electron chi connectivity index (χ4n) is 3.78. The van der Waals surface area contributed by atoms with Crippen molar-refractivity contribution < 1.29 is 9.18 Å². The van der Waals surface area contributed by atoms with E-state index in [4.69, 9.17) is 0 Å². The number of halogens is 1. The molecule has 33 heavy (non-hydrogen) atoms. The van der Waals surface area contributed by atoms with Crippen molar-refractivity contribution >= 4 is 17.6 Å². The van der Waals surface area contributed by atoms with E-state index in [1.165, 1.54) is 6.07 Å². The third-order valence-electron chi connectivity index (χ3n) is 5.70. The van der Waals surface area contributed by atoms with E-state index in [1.54, 1.807) is 30.6 Å². The minimum Gasteiger partial charge on any atom is -0.306 e. The number of aryl methyl sites for hydroxylation is 1.